The van der Waals surface area contributed by atoms with Crippen molar-refractivity contribution in [1.82, 2.24) is 4.90 Å². The summed E-state index contributed by atoms with van der Waals surface area (Å²) in [5.74, 6) is 1.14. The van der Waals surface area contributed by atoms with E-state index in [0.29, 0.717) is 6.04 Å². The molecule has 1 aliphatic rings. The van der Waals surface area contributed by atoms with Crippen LogP contribution in [0.4, 0.5) is 5.69 Å². The van der Waals surface area contributed by atoms with Crippen molar-refractivity contribution in [2.75, 3.05) is 18.4 Å². The normalized spacial score (nSPS) is 18.4. The fourth-order valence-corrected chi connectivity index (χ4v) is 3.90. The van der Waals surface area contributed by atoms with Crippen LogP contribution in [0.1, 0.15) is 18.9 Å². The van der Waals surface area contributed by atoms with Crippen LogP contribution in [0.25, 0.3) is 0 Å². The molecule has 1 N–H and O–H groups in total. The third kappa shape index (κ3) is 4.54. The number of anilines is 1. The highest BCUT2D eigenvalue weighted by atomic mass is 32.2. The smallest absolute Gasteiger partial charge is 0.235 e. The van der Waals surface area contributed by atoms with Gasteiger partial charge in [-0.15, -0.1) is 11.8 Å². The molecule has 1 aliphatic heterocycles. The lowest BCUT2D eigenvalue weighted by atomic mass is 10.2. The molecule has 3 nitrogen and oxygen atoms in total. The molecule has 24 heavy (non-hydrogen) atoms. The van der Waals surface area contributed by atoms with Gasteiger partial charge in [-0.25, -0.2) is 0 Å². The van der Waals surface area contributed by atoms with E-state index in [1.807, 2.05) is 48.2 Å². The molecular weight excluding hydrogens is 316 g/mol. The largest absolute Gasteiger partial charge is 0.380 e. The number of thioether (sulfide) groups is 1. The summed E-state index contributed by atoms with van der Waals surface area (Å²) in [5.41, 5.74) is 2.40. The highest BCUT2D eigenvalue weighted by Crippen LogP contribution is 2.22. The van der Waals surface area contributed by atoms with Crippen molar-refractivity contribution in [1.29, 1.82) is 0 Å². The Labute approximate surface area is 148 Å². The summed E-state index contributed by atoms with van der Waals surface area (Å²) in [7, 11) is 0. The SMILES string of the molecule is CC(SCc1ccccc1)C(=O)N1CCC(Nc2ccccc2)C1. The Morgan fingerprint density at radius 2 is 1.83 bits per heavy atom. The summed E-state index contributed by atoms with van der Waals surface area (Å²) in [6.07, 6.45) is 1.01. The molecule has 2 atom stereocenters. The lowest BCUT2D eigenvalue weighted by molar-refractivity contribution is -0.129. The van der Waals surface area contributed by atoms with E-state index in [2.05, 4.69) is 29.6 Å². The minimum atomic E-state index is 0.000631. The van der Waals surface area contributed by atoms with Crippen LogP contribution in [0.5, 0.6) is 0 Å². The summed E-state index contributed by atoms with van der Waals surface area (Å²) in [4.78, 5) is 14.6. The van der Waals surface area contributed by atoms with E-state index >= 15 is 0 Å². The predicted octanol–water partition coefficient (Wildman–Crippen LogP) is 4.02. The van der Waals surface area contributed by atoms with Gasteiger partial charge in [0.25, 0.3) is 0 Å². The minimum absolute atomic E-state index is 0.000631. The van der Waals surface area contributed by atoms with Crippen LogP contribution >= 0.6 is 11.8 Å². The zero-order valence-electron chi connectivity index (χ0n) is 14.0. The predicted molar refractivity (Wildman–Crippen MR) is 102 cm³/mol. The number of hydrogen-bond donors (Lipinski definition) is 1. The molecule has 1 fully saturated rings. The number of amides is 1. The molecule has 1 heterocycles. The van der Waals surface area contributed by atoms with Crippen molar-refractivity contribution >= 4 is 23.4 Å². The average Bonchev–Trinajstić information content (AvgIpc) is 3.09. The molecule has 2 aromatic carbocycles. The van der Waals surface area contributed by atoms with Gasteiger partial charge in [0, 0.05) is 30.6 Å². The molecule has 2 unspecified atom stereocenters. The number of hydrogen-bond acceptors (Lipinski definition) is 3. The highest BCUT2D eigenvalue weighted by molar-refractivity contribution is 7.99. The molecule has 2 aromatic rings. The Balaban J connectivity index is 1.47. The van der Waals surface area contributed by atoms with E-state index in [1.54, 1.807) is 11.8 Å². The van der Waals surface area contributed by atoms with Crippen molar-refractivity contribution in [3.63, 3.8) is 0 Å². The number of carbonyl (C=O) groups excluding carboxylic acids is 1. The number of para-hydroxylation sites is 1. The van der Waals surface area contributed by atoms with Crippen LogP contribution in [0.15, 0.2) is 60.7 Å². The van der Waals surface area contributed by atoms with Crippen LogP contribution in [-0.4, -0.2) is 35.2 Å². The first-order valence-corrected chi connectivity index (χ1v) is 9.53. The van der Waals surface area contributed by atoms with Crippen molar-refractivity contribution < 1.29 is 4.79 Å². The number of nitrogens with zero attached hydrogens (tertiary/aromatic N) is 1. The molecule has 1 saturated heterocycles. The summed E-state index contributed by atoms with van der Waals surface area (Å²) >= 11 is 1.72. The summed E-state index contributed by atoms with van der Waals surface area (Å²) in [5, 5.41) is 3.52. The fraction of sp³-hybridized carbons (Fsp3) is 0.350. The lowest BCUT2D eigenvalue weighted by Gasteiger charge is -2.21. The van der Waals surface area contributed by atoms with Crippen LogP contribution in [0.3, 0.4) is 0 Å². The van der Waals surface area contributed by atoms with Crippen LogP contribution in [0.2, 0.25) is 0 Å². The monoisotopic (exact) mass is 340 g/mol. The van der Waals surface area contributed by atoms with Gasteiger partial charge in [0.05, 0.1) is 5.25 Å². The first-order valence-electron chi connectivity index (χ1n) is 8.48. The maximum Gasteiger partial charge on any atom is 0.235 e. The van der Waals surface area contributed by atoms with Gasteiger partial charge in [-0.05, 0) is 31.0 Å². The molecule has 0 aromatic heterocycles. The minimum Gasteiger partial charge on any atom is -0.380 e. The first kappa shape index (κ1) is 16.9. The maximum atomic E-state index is 12.6. The van der Waals surface area contributed by atoms with Crippen molar-refractivity contribution in [3.8, 4) is 0 Å². The molecule has 3 rings (SSSR count). The summed E-state index contributed by atoms with van der Waals surface area (Å²) < 4.78 is 0. The Bertz CT molecular complexity index is 647. The van der Waals surface area contributed by atoms with E-state index in [1.165, 1.54) is 5.56 Å². The van der Waals surface area contributed by atoms with Gasteiger partial charge in [-0.3, -0.25) is 4.79 Å². The molecule has 4 heteroatoms. The number of likely N-dealkylation sites (tertiary alicyclic amines) is 1. The number of benzene rings is 2. The molecule has 126 valence electrons. The number of rotatable bonds is 6. The Morgan fingerprint density at radius 1 is 1.17 bits per heavy atom. The highest BCUT2D eigenvalue weighted by Gasteiger charge is 2.29. The maximum absolute atomic E-state index is 12.6. The van der Waals surface area contributed by atoms with Crippen molar-refractivity contribution in [3.05, 3.63) is 66.2 Å². The topological polar surface area (TPSA) is 32.3 Å². The van der Waals surface area contributed by atoms with E-state index in [9.17, 15) is 4.79 Å². The lowest BCUT2D eigenvalue weighted by Crippen LogP contribution is -2.36. The van der Waals surface area contributed by atoms with Crippen LogP contribution < -0.4 is 5.32 Å². The Morgan fingerprint density at radius 3 is 2.54 bits per heavy atom. The third-order valence-electron chi connectivity index (χ3n) is 4.34. The van der Waals surface area contributed by atoms with E-state index in [4.69, 9.17) is 0 Å². The number of nitrogens with one attached hydrogen (secondary N) is 1. The second-order valence-corrected chi connectivity index (χ2v) is 7.55. The van der Waals surface area contributed by atoms with E-state index in [0.717, 1.165) is 31.0 Å². The second-order valence-electron chi connectivity index (χ2n) is 6.22. The van der Waals surface area contributed by atoms with Gasteiger partial charge in [-0.2, -0.15) is 0 Å². The van der Waals surface area contributed by atoms with Gasteiger partial charge < -0.3 is 10.2 Å². The van der Waals surface area contributed by atoms with Crippen LogP contribution in [-0.2, 0) is 10.5 Å². The number of carbonyl (C=O) groups is 1. The van der Waals surface area contributed by atoms with Crippen LogP contribution in [0, 0.1) is 0 Å². The Kier molecular flexibility index (Phi) is 5.81. The zero-order valence-corrected chi connectivity index (χ0v) is 14.8. The van der Waals surface area contributed by atoms with Gasteiger partial charge >= 0.3 is 0 Å². The zero-order chi connectivity index (χ0) is 16.8. The molecule has 1 amide bonds. The third-order valence-corrected chi connectivity index (χ3v) is 5.54. The first-order chi connectivity index (χ1) is 11.7. The van der Waals surface area contributed by atoms with Gasteiger partial charge in [-0.1, -0.05) is 48.5 Å². The molecule has 0 aliphatic carbocycles. The fourth-order valence-electron chi connectivity index (χ4n) is 2.97. The standard InChI is InChI=1S/C20H24N2OS/c1-16(24-15-17-8-4-2-5-9-17)20(23)22-13-12-19(14-22)21-18-10-6-3-7-11-18/h2-11,16,19,21H,12-15H2,1H3. The molecular formula is C20H24N2OS. The summed E-state index contributed by atoms with van der Waals surface area (Å²) in [6, 6.07) is 20.9. The van der Waals surface area contributed by atoms with Gasteiger partial charge in [0.2, 0.25) is 5.91 Å². The summed E-state index contributed by atoms with van der Waals surface area (Å²) in [6.45, 7) is 3.66. The van der Waals surface area contributed by atoms with Gasteiger partial charge in [0.1, 0.15) is 0 Å². The van der Waals surface area contributed by atoms with Crippen molar-refractivity contribution in [2.24, 2.45) is 0 Å². The second kappa shape index (κ2) is 8.25. The quantitative estimate of drug-likeness (QED) is 0.862. The van der Waals surface area contributed by atoms with Crippen molar-refractivity contribution in [2.45, 2.75) is 30.4 Å². The van der Waals surface area contributed by atoms with E-state index in [-0.39, 0.29) is 11.2 Å². The van der Waals surface area contributed by atoms with E-state index < -0.39 is 0 Å². The Hall–Kier alpha value is -1.94. The average molecular weight is 340 g/mol. The molecule has 0 radical (unpaired) electrons. The van der Waals surface area contributed by atoms with Gasteiger partial charge in [0.15, 0.2) is 0 Å². The molecule has 0 spiro atoms. The molecule has 0 bridgehead atoms. The molecule has 0 saturated carbocycles.